The first-order valence-electron chi connectivity index (χ1n) is 4.88. The van der Waals surface area contributed by atoms with Crippen LogP contribution in [-0.2, 0) is 5.60 Å². The number of rotatable bonds is 3. The largest absolute Gasteiger partial charge is 0.497 e. The molecule has 0 amide bonds. The van der Waals surface area contributed by atoms with E-state index in [4.69, 9.17) is 4.74 Å². The number of benzene rings is 1. The van der Waals surface area contributed by atoms with Gasteiger partial charge < -0.3 is 14.9 Å². The molecule has 0 bridgehead atoms. The molecule has 84 valence electrons. The molecule has 3 nitrogen and oxygen atoms in total. The van der Waals surface area contributed by atoms with Crippen molar-refractivity contribution in [3.8, 4) is 5.75 Å². The molecule has 0 radical (unpaired) electrons. The van der Waals surface area contributed by atoms with Crippen molar-refractivity contribution in [2.75, 3.05) is 7.11 Å². The molecule has 0 aliphatic rings. The molecule has 0 aliphatic carbocycles. The molecular formula is C12H18O3. The topological polar surface area (TPSA) is 49.7 Å². The van der Waals surface area contributed by atoms with Gasteiger partial charge in [-0.2, -0.15) is 0 Å². The van der Waals surface area contributed by atoms with Gasteiger partial charge in [-0.05, 0) is 38.5 Å². The van der Waals surface area contributed by atoms with Gasteiger partial charge >= 0.3 is 0 Å². The van der Waals surface area contributed by atoms with Crippen LogP contribution in [-0.4, -0.2) is 22.9 Å². The average Bonchev–Trinajstić information content (AvgIpc) is 2.16. The van der Waals surface area contributed by atoms with E-state index in [1.807, 2.05) is 0 Å². The van der Waals surface area contributed by atoms with Gasteiger partial charge in [-0.1, -0.05) is 12.1 Å². The Morgan fingerprint density at radius 1 is 1.00 bits per heavy atom. The van der Waals surface area contributed by atoms with Crippen molar-refractivity contribution >= 4 is 0 Å². The van der Waals surface area contributed by atoms with Gasteiger partial charge in [-0.25, -0.2) is 0 Å². The SMILES string of the molecule is COc1ccc(C(C)(O)C(C)(C)O)cc1. The summed E-state index contributed by atoms with van der Waals surface area (Å²) in [6.07, 6.45) is 0. The quantitative estimate of drug-likeness (QED) is 0.798. The van der Waals surface area contributed by atoms with Gasteiger partial charge in [-0.15, -0.1) is 0 Å². The number of hydrogen-bond acceptors (Lipinski definition) is 3. The van der Waals surface area contributed by atoms with Gasteiger partial charge in [0.05, 0.1) is 12.7 Å². The van der Waals surface area contributed by atoms with Crippen LogP contribution in [0.1, 0.15) is 26.3 Å². The molecular weight excluding hydrogens is 192 g/mol. The second kappa shape index (κ2) is 3.83. The second-order valence-electron chi connectivity index (χ2n) is 4.36. The van der Waals surface area contributed by atoms with Gasteiger partial charge in [0, 0.05) is 0 Å². The Kier molecular flexibility index (Phi) is 3.07. The van der Waals surface area contributed by atoms with E-state index < -0.39 is 11.2 Å². The Labute approximate surface area is 90.3 Å². The molecule has 15 heavy (non-hydrogen) atoms. The van der Waals surface area contributed by atoms with Crippen LogP contribution in [0.25, 0.3) is 0 Å². The third kappa shape index (κ3) is 2.30. The van der Waals surface area contributed by atoms with Crippen LogP contribution in [0.2, 0.25) is 0 Å². The minimum Gasteiger partial charge on any atom is -0.497 e. The molecule has 0 fully saturated rings. The van der Waals surface area contributed by atoms with E-state index in [0.717, 1.165) is 5.75 Å². The van der Waals surface area contributed by atoms with Gasteiger partial charge in [0.2, 0.25) is 0 Å². The molecule has 2 N–H and O–H groups in total. The van der Waals surface area contributed by atoms with Crippen molar-refractivity contribution in [1.82, 2.24) is 0 Å². The zero-order valence-corrected chi connectivity index (χ0v) is 9.61. The van der Waals surface area contributed by atoms with Gasteiger partial charge in [0.25, 0.3) is 0 Å². The second-order valence-corrected chi connectivity index (χ2v) is 4.36. The molecule has 1 aromatic carbocycles. The van der Waals surface area contributed by atoms with Crippen molar-refractivity contribution in [2.24, 2.45) is 0 Å². The van der Waals surface area contributed by atoms with E-state index in [1.54, 1.807) is 52.1 Å². The van der Waals surface area contributed by atoms with E-state index in [0.29, 0.717) is 5.56 Å². The fourth-order valence-corrected chi connectivity index (χ4v) is 1.27. The maximum Gasteiger partial charge on any atom is 0.118 e. The summed E-state index contributed by atoms with van der Waals surface area (Å²) >= 11 is 0. The van der Waals surface area contributed by atoms with Crippen molar-refractivity contribution in [1.29, 1.82) is 0 Å². The zero-order valence-electron chi connectivity index (χ0n) is 9.61. The Hall–Kier alpha value is -1.06. The van der Waals surface area contributed by atoms with Crippen molar-refractivity contribution in [2.45, 2.75) is 32.0 Å². The van der Waals surface area contributed by atoms with E-state index in [1.165, 1.54) is 0 Å². The maximum atomic E-state index is 10.2. The predicted octanol–water partition coefficient (Wildman–Crippen LogP) is 1.67. The standard InChI is InChI=1S/C12H18O3/c1-11(2,13)12(3,14)9-5-7-10(15-4)8-6-9/h5-8,13-14H,1-4H3. The minimum absolute atomic E-state index is 0.663. The fourth-order valence-electron chi connectivity index (χ4n) is 1.27. The molecule has 3 heteroatoms. The first-order valence-corrected chi connectivity index (χ1v) is 4.88. The molecule has 0 aromatic heterocycles. The van der Waals surface area contributed by atoms with E-state index >= 15 is 0 Å². The molecule has 0 aliphatic heterocycles. The summed E-state index contributed by atoms with van der Waals surface area (Å²) in [4.78, 5) is 0. The lowest BCUT2D eigenvalue weighted by atomic mass is 9.81. The van der Waals surface area contributed by atoms with Crippen LogP contribution in [0.3, 0.4) is 0 Å². The first kappa shape index (κ1) is 12.0. The molecule has 1 atom stereocenters. The van der Waals surface area contributed by atoms with Crippen LogP contribution >= 0.6 is 0 Å². The Bertz CT molecular complexity index is 320. The summed E-state index contributed by atoms with van der Waals surface area (Å²) in [6, 6.07) is 7.01. The van der Waals surface area contributed by atoms with Gasteiger partial charge in [0.15, 0.2) is 0 Å². The lowest BCUT2D eigenvalue weighted by Crippen LogP contribution is -2.44. The summed E-state index contributed by atoms with van der Waals surface area (Å²) in [5, 5.41) is 20.0. The summed E-state index contributed by atoms with van der Waals surface area (Å²) in [6.45, 7) is 4.75. The lowest BCUT2D eigenvalue weighted by Gasteiger charge is -2.36. The first-order chi connectivity index (χ1) is 6.79. The molecule has 0 spiro atoms. The van der Waals surface area contributed by atoms with Crippen LogP contribution in [0, 0.1) is 0 Å². The minimum atomic E-state index is -1.28. The maximum absolute atomic E-state index is 10.2. The number of hydrogen-bond donors (Lipinski definition) is 2. The Morgan fingerprint density at radius 3 is 1.80 bits per heavy atom. The van der Waals surface area contributed by atoms with Crippen LogP contribution in [0.4, 0.5) is 0 Å². The molecule has 0 saturated heterocycles. The zero-order chi connectivity index (χ0) is 11.7. The molecule has 1 aromatic rings. The van der Waals surface area contributed by atoms with Gasteiger partial charge in [-0.3, -0.25) is 0 Å². The third-order valence-corrected chi connectivity index (χ3v) is 2.84. The van der Waals surface area contributed by atoms with Crippen molar-refractivity contribution < 1.29 is 14.9 Å². The normalized spacial score (nSPS) is 15.9. The highest BCUT2D eigenvalue weighted by molar-refractivity contribution is 5.31. The lowest BCUT2D eigenvalue weighted by molar-refractivity contribution is -0.125. The Morgan fingerprint density at radius 2 is 1.47 bits per heavy atom. The number of methoxy groups -OCH3 is 1. The fraction of sp³-hybridized carbons (Fsp3) is 0.500. The molecule has 1 unspecified atom stereocenters. The van der Waals surface area contributed by atoms with E-state index in [9.17, 15) is 10.2 Å². The molecule has 1 rings (SSSR count). The van der Waals surface area contributed by atoms with Gasteiger partial charge in [0.1, 0.15) is 11.4 Å². The number of ether oxygens (including phenoxy) is 1. The smallest absolute Gasteiger partial charge is 0.118 e. The monoisotopic (exact) mass is 210 g/mol. The predicted molar refractivity (Wildman–Crippen MR) is 58.9 cm³/mol. The summed E-state index contributed by atoms with van der Waals surface area (Å²) in [7, 11) is 1.59. The summed E-state index contributed by atoms with van der Waals surface area (Å²) in [5.41, 5.74) is -1.81. The highest BCUT2D eigenvalue weighted by atomic mass is 16.5. The highest BCUT2D eigenvalue weighted by Crippen LogP contribution is 2.32. The van der Waals surface area contributed by atoms with Crippen molar-refractivity contribution in [3.05, 3.63) is 29.8 Å². The number of aliphatic hydroxyl groups is 2. The van der Waals surface area contributed by atoms with Crippen LogP contribution < -0.4 is 4.74 Å². The molecule has 0 heterocycles. The van der Waals surface area contributed by atoms with E-state index in [-0.39, 0.29) is 0 Å². The summed E-state index contributed by atoms with van der Waals surface area (Å²) in [5.74, 6) is 0.727. The van der Waals surface area contributed by atoms with Crippen LogP contribution in [0.15, 0.2) is 24.3 Å². The summed E-state index contributed by atoms with van der Waals surface area (Å²) < 4.78 is 5.02. The average molecular weight is 210 g/mol. The Balaban J connectivity index is 3.06. The van der Waals surface area contributed by atoms with Crippen molar-refractivity contribution in [3.63, 3.8) is 0 Å². The van der Waals surface area contributed by atoms with Crippen LogP contribution in [0.5, 0.6) is 5.75 Å². The molecule has 0 saturated carbocycles. The third-order valence-electron chi connectivity index (χ3n) is 2.84. The van der Waals surface area contributed by atoms with E-state index in [2.05, 4.69) is 0 Å². The highest BCUT2D eigenvalue weighted by Gasteiger charge is 2.38.